The van der Waals surface area contributed by atoms with Crippen LogP contribution in [0.4, 0.5) is 0 Å². The number of thiophene rings is 1. The predicted octanol–water partition coefficient (Wildman–Crippen LogP) is 2.36. The third-order valence-electron chi connectivity index (χ3n) is 3.81. The molecule has 1 atom stereocenters. The molecule has 0 aliphatic rings. The summed E-state index contributed by atoms with van der Waals surface area (Å²) in [4.78, 5) is 15.5. The van der Waals surface area contributed by atoms with Gasteiger partial charge in [-0.2, -0.15) is 10.2 Å². The van der Waals surface area contributed by atoms with Crippen LogP contribution in [-0.2, 0) is 18.4 Å². The highest BCUT2D eigenvalue weighted by molar-refractivity contribution is 7.09. The van der Waals surface area contributed by atoms with Crippen molar-refractivity contribution >= 4 is 28.3 Å². The molecule has 3 aromatic heterocycles. The fraction of sp³-hybridized carbons (Fsp3) is 0.400. The molecule has 0 aliphatic heterocycles. The van der Waals surface area contributed by atoms with Gasteiger partial charge in [-0.1, -0.05) is 6.07 Å². The third-order valence-corrected chi connectivity index (χ3v) is 4.67. The van der Waals surface area contributed by atoms with Crippen molar-refractivity contribution in [1.29, 1.82) is 0 Å². The van der Waals surface area contributed by atoms with Crippen molar-refractivity contribution in [3.63, 3.8) is 0 Å². The Labute approximate surface area is 133 Å². The van der Waals surface area contributed by atoms with E-state index in [0.29, 0.717) is 6.54 Å². The van der Waals surface area contributed by atoms with Crippen LogP contribution >= 0.6 is 11.3 Å². The zero-order valence-electron chi connectivity index (χ0n) is 13.1. The largest absolute Gasteiger partial charge is 0.339 e. The van der Waals surface area contributed by atoms with Gasteiger partial charge in [-0.05, 0) is 25.3 Å². The zero-order chi connectivity index (χ0) is 15.9. The van der Waals surface area contributed by atoms with E-state index in [4.69, 9.17) is 0 Å². The highest BCUT2D eigenvalue weighted by atomic mass is 32.1. The Kier molecular flexibility index (Phi) is 3.74. The number of aryl methyl sites for hydroxylation is 2. The van der Waals surface area contributed by atoms with Crippen molar-refractivity contribution < 1.29 is 4.79 Å². The molecule has 3 rings (SSSR count). The van der Waals surface area contributed by atoms with Crippen LogP contribution in [0.15, 0.2) is 23.7 Å². The lowest BCUT2D eigenvalue weighted by atomic mass is 10.3. The molecule has 116 valence electrons. The van der Waals surface area contributed by atoms with Crippen LogP contribution in [0.1, 0.15) is 23.5 Å². The normalized spacial score (nSPS) is 12.7. The second kappa shape index (κ2) is 5.57. The van der Waals surface area contributed by atoms with Gasteiger partial charge >= 0.3 is 0 Å². The maximum atomic E-state index is 12.6. The number of nitrogens with zero attached hydrogens (tertiary/aromatic N) is 5. The van der Waals surface area contributed by atoms with Crippen LogP contribution < -0.4 is 0 Å². The molecule has 0 spiro atoms. The van der Waals surface area contributed by atoms with Crippen molar-refractivity contribution in [3.05, 3.63) is 34.3 Å². The maximum absolute atomic E-state index is 12.6. The third kappa shape index (κ3) is 2.52. The van der Waals surface area contributed by atoms with E-state index in [1.807, 2.05) is 51.7 Å². The summed E-state index contributed by atoms with van der Waals surface area (Å²) in [6.07, 6.45) is 1.89. The smallest absolute Gasteiger partial charge is 0.247 e. The molecule has 0 bridgehead atoms. The lowest BCUT2D eigenvalue weighted by Gasteiger charge is -2.21. The molecule has 0 aromatic carbocycles. The Morgan fingerprint density at radius 3 is 2.86 bits per heavy atom. The highest BCUT2D eigenvalue weighted by Gasteiger charge is 2.22. The van der Waals surface area contributed by atoms with E-state index in [-0.39, 0.29) is 11.9 Å². The van der Waals surface area contributed by atoms with Gasteiger partial charge in [0.1, 0.15) is 17.1 Å². The minimum absolute atomic E-state index is 0.0480. The molecular formula is C15H19N5OS. The molecule has 0 saturated carbocycles. The van der Waals surface area contributed by atoms with Gasteiger partial charge in [-0.25, -0.2) is 0 Å². The lowest BCUT2D eigenvalue weighted by Crippen LogP contribution is -2.32. The van der Waals surface area contributed by atoms with Gasteiger partial charge < -0.3 is 4.90 Å². The van der Waals surface area contributed by atoms with Gasteiger partial charge in [0, 0.05) is 19.0 Å². The van der Waals surface area contributed by atoms with Gasteiger partial charge in [-0.3, -0.25) is 14.2 Å². The molecule has 6 nitrogen and oxygen atoms in total. The van der Waals surface area contributed by atoms with E-state index in [0.717, 1.165) is 16.7 Å². The summed E-state index contributed by atoms with van der Waals surface area (Å²) in [5.74, 6) is 0.0480. The monoisotopic (exact) mass is 317 g/mol. The Morgan fingerprint density at radius 2 is 2.23 bits per heavy atom. The summed E-state index contributed by atoms with van der Waals surface area (Å²) in [5, 5.41) is 10.9. The fourth-order valence-electron chi connectivity index (χ4n) is 2.55. The first-order valence-electron chi connectivity index (χ1n) is 7.13. The molecule has 0 saturated heterocycles. The maximum Gasteiger partial charge on any atom is 0.247 e. The molecule has 1 unspecified atom stereocenters. The minimum Gasteiger partial charge on any atom is -0.339 e. The first-order chi connectivity index (χ1) is 10.5. The first kappa shape index (κ1) is 14.8. The van der Waals surface area contributed by atoms with Crippen LogP contribution in [0, 0.1) is 6.92 Å². The van der Waals surface area contributed by atoms with Crippen LogP contribution in [0.3, 0.4) is 0 Å². The van der Waals surface area contributed by atoms with E-state index >= 15 is 0 Å². The van der Waals surface area contributed by atoms with Gasteiger partial charge in [0.25, 0.3) is 0 Å². The molecule has 1 amide bonds. The first-order valence-corrected chi connectivity index (χ1v) is 8.01. The average Bonchev–Trinajstić information content (AvgIpc) is 3.18. The molecule has 7 heteroatoms. The van der Waals surface area contributed by atoms with Gasteiger partial charge in [0.05, 0.1) is 18.4 Å². The SMILES string of the molecule is Cc1nn(C)c2cn(C(C)C(=O)N(C)Cc3cccs3)nc12. The molecule has 0 aliphatic carbocycles. The standard InChI is InChI=1S/C15H19N5OS/c1-10-14-13(19(4)16-10)9-20(17-14)11(2)15(21)18(3)8-12-6-5-7-22-12/h5-7,9,11H,8H2,1-4H3. The Bertz CT molecular complexity index is 767. The second-order valence-corrected chi connectivity index (χ2v) is 6.53. The van der Waals surface area contributed by atoms with Crippen molar-refractivity contribution in [2.24, 2.45) is 7.05 Å². The highest BCUT2D eigenvalue weighted by Crippen LogP contribution is 2.19. The van der Waals surface area contributed by atoms with Crippen LogP contribution in [0.2, 0.25) is 0 Å². The van der Waals surface area contributed by atoms with Crippen LogP contribution in [0.5, 0.6) is 0 Å². The van der Waals surface area contributed by atoms with Crippen LogP contribution in [0.25, 0.3) is 11.0 Å². The summed E-state index contributed by atoms with van der Waals surface area (Å²) in [7, 11) is 3.71. The topological polar surface area (TPSA) is 56.0 Å². The number of aromatic nitrogens is 4. The number of likely N-dealkylation sites (N-methyl/N-ethyl adjacent to an activating group) is 1. The molecule has 3 heterocycles. The zero-order valence-corrected chi connectivity index (χ0v) is 14.0. The molecule has 22 heavy (non-hydrogen) atoms. The molecule has 0 fully saturated rings. The summed E-state index contributed by atoms with van der Waals surface area (Å²) >= 11 is 1.66. The van der Waals surface area contributed by atoms with E-state index in [2.05, 4.69) is 10.2 Å². The van der Waals surface area contributed by atoms with E-state index in [1.54, 1.807) is 25.6 Å². The van der Waals surface area contributed by atoms with Gasteiger partial charge in [0.15, 0.2) is 0 Å². The van der Waals surface area contributed by atoms with Gasteiger partial charge in [-0.15, -0.1) is 11.3 Å². The summed E-state index contributed by atoms with van der Waals surface area (Å²) < 4.78 is 3.52. The van der Waals surface area contributed by atoms with Crippen molar-refractivity contribution in [2.45, 2.75) is 26.4 Å². The number of hydrogen-bond acceptors (Lipinski definition) is 4. The van der Waals surface area contributed by atoms with E-state index < -0.39 is 0 Å². The molecule has 3 aromatic rings. The summed E-state index contributed by atoms with van der Waals surface area (Å²) in [6.45, 7) is 4.43. The molecule has 0 radical (unpaired) electrons. The van der Waals surface area contributed by atoms with Gasteiger partial charge in [0.2, 0.25) is 5.91 Å². The van der Waals surface area contributed by atoms with Crippen molar-refractivity contribution in [1.82, 2.24) is 24.5 Å². The number of carbonyl (C=O) groups is 1. The quantitative estimate of drug-likeness (QED) is 0.742. The van der Waals surface area contributed by atoms with E-state index in [9.17, 15) is 4.79 Å². The van der Waals surface area contributed by atoms with Crippen molar-refractivity contribution in [3.8, 4) is 0 Å². The Morgan fingerprint density at radius 1 is 1.45 bits per heavy atom. The molecule has 0 N–H and O–H groups in total. The Balaban J connectivity index is 1.80. The van der Waals surface area contributed by atoms with Crippen molar-refractivity contribution in [2.75, 3.05) is 7.05 Å². The number of hydrogen-bond donors (Lipinski definition) is 0. The fourth-order valence-corrected chi connectivity index (χ4v) is 3.30. The molecular weight excluding hydrogens is 298 g/mol. The number of carbonyl (C=O) groups excluding carboxylic acids is 1. The number of amides is 1. The minimum atomic E-state index is -0.336. The summed E-state index contributed by atoms with van der Waals surface area (Å²) in [5.41, 5.74) is 2.67. The number of rotatable bonds is 4. The lowest BCUT2D eigenvalue weighted by molar-refractivity contribution is -0.133. The number of fused-ring (bicyclic) bond motifs is 1. The van der Waals surface area contributed by atoms with Crippen LogP contribution in [-0.4, -0.2) is 37.4 Å². The van der Waals surface area contributed by atoms with E-state index in [1.165, 1.54) is 4.88 Å². The second-order valence-electron chi connectivity index (χ2n) is 5.50. The average molecular weight is 317 g/mol. The summed E-state index contributed by atoms with van der Waals surface area (Å²) in [6, 6.07) is 3.70. The Hall–Kier alpha value is -2.15. The predicted molar refractivity (Wildman–Crippen MR) is 86.7 cm³/mol.